The standard InChI is InChI=1S/C22H26N6O3/c1-4-22(5-2)13-7-14-15(8-17(13)28(6-3)21(22)30)25-19(24-14)18-16(9-23-27-18)26-20(29)12-10-31-11-12/h7-9,12H,4-6,10-11H2,1-3H3,(H,23,27)(H,24,25)(H,26,29). The molecule has 9 heteroatoms. The molecule has 5 rings (SSSR count). The molecule has 0 saturated carbocycles. The predicted octanol–water partition coefficient (Wildman–Crippen LogP) is 2.96. The molecule has 2 aliphatic heterocycles. The zero-order valence-corrected chi connectivity index (χ0v) is 17.9. The summed E-state index contributed by atoms with van der Waals surface area (Å²) in [5.74, 6) is 0.539. The summed E-state index contributed by atoms with van der Waals surface area (Å²) in [7, 11) is 0. The fourth-order valence-corrected chi connectivity index (χ4v) is 4.68. The largest absolute Gasteiger partial charge is 0.380 e. The van der Waals surface area contributed by atoms with Crippen LogP contribution >= 0.6 is 0 Å². The van der Waals surface area contributed by atoms with Crippen LogP contribution in [0.3, 0.4) is 0 Å². The van der Waals surface area contributed by atoms with Crippen molar-refractivity contribution in [2.45, 2.75) is 39.0 Å². The smallest absolute Gasteiger partial charge is 0.237 e. The SMILES string of the molecule is CCN1C(=O)C(CC)(CC)c2cc3[nH]c(-c4[nH]ncc4NC(=O)C4COC4)nc3cc21. The topological polar surface area (TPSA) is 116 Å². The second-order valence-corrected chi connectivity index (χ2v) is 8.19. The minimum atomic E-state index is -0.497. The van der Waals surface area contributed by atoms with Gasteiger partial charge in [-0.3, -0.25) is 14.7 Å². The van der Waals surface area contributed by atoms with Crippen LogP contribution in [0.1, 0.15) is 39.2 Å². The molecule has 4 heterocycles. The zero-order chi connectivity index (χ0) is 21.8. The Bertz CT molecular complexity index is 1170. The predicted molar refractivity (Wildman–Crippen MR) is 117 cm³/mol. The highest BCUT2D eigenvalue weighted by Gasteiger charge is 2.48. The van der Waals surface area contributed by atoms with Crippen LogP contribution in [-0.2, 0) is 19.7 Å². The van der Waals surface area contributed by atoms with E-state index in [9.17, 15) is 9.59 Å². The van der Waals surface area contributed by atoms with Gasteiger partial charge >= 0.3 is 0 Å². The van der Waals surface area contributed by atoms with Gasteiger partial charge in [-0.25, -0.2) is 4.98 Å². The number of nitrogens with zero attached hydrogens (tertiary/aromatic N) is 3. The highest BCUT2D eigenvalue weighted by atomic mass is 16.5. The third kappa shape index (κ3) is 2.79. The summed E-state index contributed by atoms with van der Waals surface area (Å²) in [6, 6.07) is 4.04. The Morgan fingerprint density at radius 3 is 2.71 bits per heavy atom. The van der Waals surface area contributed by atoms with Gasteiger partial charge in [-0.05, 0) is 37.5 Å². The number of rotatable bonds is 6. The Morgan fingerprint density at radius 2 is 2.06 bits per heavy atom. The molecule has 0 aliphatic carbocycles. The molecule has 2 aliphatic rings. The third-order valence-corrected chi connectivity index (χ3v) is 6.73. The molecule has 2 amide bonds. The number of amides is 2. The van der Waals surface area contributed by atoms with Crippen LogP contribution in [0.25, 0.3) is 22.6 Å². The molecule has 3 aromatic rings. The maximum Gasteiger partial charge on any atom is 0.237 e. The summed E-state index contributed by atoms with van der Waals surface area (Å²) in [4.78, 5) is 35.5. The lowest BCUT2D eigenvalue weighted by Crippen LogP contribution is -2.39. The molecule has 31 heavy (non-hydrogen) atoms. The van der Waals surface area contributed by atoms with E-state index in [0.717, 1.165) is 35.1 Å². The van der Waals surface area contributed by atoms with Gasteiger partial charge in [-0.1, -0.05) is 13.8 Å². The molecule has 1 saturated heterocycles. The van der Waals surface area contributed by atoms with Crippen LogP contribution < -0.4 is 10.2 Å². The molecule has 0 radical (unpaired) electrons. The van der Waals surface area contributed by atoms with E-state index in [1.165, 1.54) is 0 Å². The van der Waals surface area contributed by atoms with Crippen LogP contribution in [0, 0.1) is 5.92 Å². The quantitative estimate of drug-likeness (QED) is 0.565. The molecule has 0 bridgehead atoms. The van der Waals surface area contributed by atoms with Gasteiger partial charge < -0.3 is 19.9 Å². The number of hydrogen-bond acceptors (Lipinski definition) is 5. The molecule has 0 unspecified atom stereocenters. The lowest BCUT2D eigenvalue weighted by molar-refractivity contribution is -0.133. The molecule has 0 atom stereocenters. The first-order valence-corrected chi connectivity index (χ1v) is 10.8. The van der Waals surface area contributed by atoms with Crippen molar-refractivity contribution in [2.24, 2.45) is 5.92 Å². The molecule has 0 spiro atoms. The summed E-state index contributed by atoms with van der Waals surface area (Å²) < 4.78 is 5.10. The van der Waals surface area contributed by atoms with Gasteiger partial charge in [0.1, 0.15) is 5.69 Å². The highest BCUT2D eigenvalue weighted by molar-refractivity contribution is 6.10. The van der Waals surface area contributed by atoms with Crippen LogP contribution in [-0.4, -0.2) is 51.7 Å². The molecular weight excluding hydrogens is 396 g/mol. The van der Waals surface area contributed by atoms with Gasteiger partial charge in [0, 0.05) is 6.54 Å². The number of benzene rings is 1. The van der Waals surface area contributed by atoms with E-state index in [0.29, 0.717) is 37.0 Å². The van der Waals surface area contributed by atoms with Crippen molar-refractivity contribution >= 4 is 34.2 Å². The van der Waals surface area contributed by atoms with Crippen molar-refractivity contribution in [1.82, 2.24) is 20.2 Å². The number of anilines is 2. The average molecular weight is 422 g/mol. The fourth-order valence-electron chi connectivity index (χ4n) is 4.68. The van der Waals surface area contributed by atoms with E-state index in [1.807, 2.05) is 17.9 Å². The first-order chi connectivity index (χ1) is 15.0. The summed E-state index contributed by atoms with van der Waals surface area (Å²) in [6.07, 6.45) is 3.08. The van der Waals surface area contributed by atoms with Gasteiger partial charge in [-0.2, -0.15) is 5.10 Å². The minimum Gasteiger partial charge on any atom is -0.380 e. The second-order valence-electron chi connectivity index (χ2n) is 8.19. The van der Waals surface area contributed by atoms with Gasteiger partial charge in [0.2, 0.25) is 11.8 Å². The van der Waals surface area contributed by atoms with E-state index in [4.69, 9.17) is 9.72 Å². The molecule has 1 aromatic carbocycles. The van der Waals surface area contributed by atoms with E-state index >= 15 is 0 Å². The molecular formula is C22H26N6O3. The average Bonchev–Trinajstić information content (AvgIpc) is 3.39. The first kappa shape index (κ1) is 19.7. The fraction of sp³-hybridized carbons (Fsp3) is 0.455. The number of carbonyl (C=O) groups excluding carboxylic acids is 2. The zero-order valence-electron chi connectivity index (χ0n) is 17.9. The monoisotopic (exact) mass is 422 g/mol. The Balaban J connectivity index is 1.55. The van der Waals surface area contributed by atoms with Crippen LogP contribution in [0.5, 0.6) is 0 Å². The number of imidazole rings is 1. The van der Waals surface area contributed by atoms with Gasteiger partial charge in [-0.15, -0.1) is 0 Å². The molecule has 162 valence electrons. The molecule has 1 fully saturated rings. The number of likely N-dealkylation sites (N-methyl/N-ethyl adjacent to an activating group) is 1. The summed E-state index contributed by atoms with van der Waals surface area (Å²) in [6.45, 7) is 7.64. The van der Waals surface area contributed by atoms with Gasteiger partial charge in [0.05, 0.1) is 53.2 Å². The Labute approximate surface area is 179 Å². The second kappa shape index (κ2) is 7.19. The minimum absolute atomic E-state index is 0.0863. The van der Waals surface area contributed by atoms with Crippen molar-refractivity contribution in [2.75, 3.05) is 30.0 Å². The van der Waals surface area contributed by atoms with E-state index < -0.39 is 5.41 Å². The van der Waals surface area contributed by atoms with Gasteiger partial charge in [0.25, 0.3) is 0 Å². The lowest BCUT2D eigenvalue weighted by atomic mass is 9.77. The summed E-state index contributed by atoms with van der Waals surface area (Å²) in [5, 5.41) is 9.93. The Kier molecular flexibility index (Phi) is 4.58. The number of fused-ring (bicyclic) bond motifs is 2. The van der Waals surface area contributed by atoms with Crippen LogP contribution in [0.2, 0.25) is 0 Å². The number of aromatic nitrogens is 4. The highest BCUT2D eigenvalue weighted by Crippen LogP contribution is 2.47. The normalized spacial score (nSPS) is 17.8. The lowest BCUT2D eigenvalue weighted by Gasteiger charge is -2.25. The van der Waals surface area contributed by atoms with E-state index in [-0.39, 0.29) is 17.7 Å². The van der Waals surface area contributed by atoms with Crippen LogP contribution in [0.4, 0.5) is 11.4 Å². The number of aromatic amines is 2. The first-order valence-electron chi connectivity index (χ1n) is 10.8. The number of hydrogen-bond donors (Lipinski definition) is 3. The molecule has 2 aromatic heterocycles. The number of ether oxygens (including phenoxy) is 1. The van der Waals surface area contributed by atoms with E-state index in [2.05, 4.69) is 40.4 Å². The maximum atomic E-state index is 13.2. The number of H-pyrrole nitrogens is 2. The Hall–Kier alpha value is -3.20. The summed E-state index contributed by atoms with van der Waals surface area (Å²) in [5.41, 5.74) is 4.30. The third-order valence-electron chi connectivity index (χ3n) is 6.73. The van der Waals surface area contributed by atoms with Crippen molar-refractivity contribution in [3.63, 3.8) is 0 Å². The van der Waals surface area contributed by atoms with Crippen molar-refractivity contribution in [3.8, 4) is 11.5 Å². The molecule has 3 N–H and O–H groups in total. The number of carbonyl (C=O) groups is 2. The maximum absolute atomic E-state index is 13.2. The Morgan fingerprint density at radius 1 is 1.29 bits per heavy atom. The number of nitrogens with one attached hydrogen (secondary N) is 3. The van der Waals surface area contributed by atoms with Crippen molar-refractivity contribution < 1.29 is 14.3 Å². The van der Waals surface area contributed by atoms with E-state index in [1.54, 1.807) is 6.20 Å². The van der Waals surface area contributed by atoms with Crippen molar-refractivity contribution in [3.05, 3.63) is 23.9 Å². The van der Waals surface area contributed by atoms with Gasteiger partial charge in [0.15, 0.2) is 5.82 Å². The summed E-state index contributed by atoms with van der Waals surface area (Å²) >= 11 is 0. The van der Waals surface area contributed by atoms with Crippen molar-refractivity contribution in [1.29, 1.82) is 0 Å². The van der Waals surface area contributed by atoms with Crippen LogP contribution in [0.15, 0.2) is 18.3 Å². The molecule has 9 nitrogen and oxygen atoms in total.